The second-order valence-electron chi connectivity index (χ2n) is 0.238. The van der Waals surface area contributed by atoms with E-state index in [0.29, 0.717) is 0 Å². The molecule has 0 bridgehead atoms. The van der Waals surface area contributed by atoms with Gasteiger partial charge in [0, 0.05) is 0 Å². The monoisotopic (exact) mass is 252 g/mol. The molecule has 0 fully saturated rings. The summed E-state index contributed by atoms with van der Waals surface area (Å²) in [4.78, 5) is 24.2. The molecule has 0 amide bonds. The molecule has 0 spiro atoms. The Morgan fingerprint density at radius 1 is 0.750 bits per heavy atom. The molecule has 0 aliphatic carbocycles. The Balaban J connectivity index is -0.00000000161. The standard InChI is InChI=1S/ClH.2Na.HO3P.5H2O/c;;;1-4(2)3;;;;;/h1H;;;1H;5*1H2/q;2*+1;-2;;;;;. The Bertz CT molecular complexity index is 21.8. The Labute approximate surface area is 121 Å². The van der Waals surface area contributed by atoms with Gasteiger partial charge in [0.05, 0.1) is 0 Å². The van der Waals surface area contributed by atoms with Crippen LogP contribution in [0.15, 0.2) is 0 Å². The number of rotatable bonds is 0. The Hall–Kier alpha value is 2.40. The summed E-state index contributed by atoms with van der Waals surface area (Å²) >= 11 is 0. The summed E-state index contributed by atoms with van der Waals surface area (Å²) in [6.45, 7) is 0. The molecule has 74 valence electrons. The van der Waals surface area contributed by atoms with E-state index in [1.165, 1.54) is 0 Å². The van der Waals surface area contributed by atoms with Crippen molar-refractivity contribution in [2.75, 3.05) is 0 Å². The average molecular weight is 252 g/mol. The third kappa shape index (κ3) is 280. The number of hydrogen-bond donors (Lipinski definition) is 1. The second kappa shape index (κ2) is 70.7. The van der Waals surface area contributed by atoms with E-state index >= 15 is 0 Å². The first-order valence-corrected chi connectivity index (χ1v) is 1.70. The zero-order valence-corrected chi connectivity index (χ0v) is 12.3. The van der Waals surface area contributed by atoms with Crippen molar-refractivity contribution in [1.82, 2.24) is 0 Å². The smallest absolute Gasteiger partial charge is 0.820 e. The molecule has 11 N–H and O–H groups in total. The first-order chi connectivity index (χ1) is 1.73. The van der Waals surface area contributed by atoms with Crippen molar-refractivity contribution >= 4 is 21.0 Å². The van der Waals surface area contributed by atoms with Gasteiger partial charge in [-0.2, -0.15) is 8.60 Å². The Morgan fingerprint density at radius 3 is 0.750 bits per heavy atom. The molecule has 8 nitrogen and oxygen atoms in total. The molecule has 0 heterocycles. The molecule has 0 aromatic carbocycles. The molecule has 0 aromatic rings. The average Bonchev–Trinajstić information content (AvgIpc) is 0.811. The van der Waals surface area contributed by atoms with Crippen LogP contribution in [0.4, 0.5) is 0 Å². The summed E-state index contributed by atoms with van der Waals surface area (Å²) in [5.41, 5.74) is 0. The number of hydrogen-bond acceptors (Lipinski definition) is 3. The van der Waals surface area contributed by atoms with Crippen LogP contribution in [0.1, 0.15) is 0 Å². The molecule has 0 unspecified atom stereocenters. The minimum Gasteiger partial charge on any atom is -0.820 e. The van der Waals surface area contributed by atoms with Crippen molar-refractivity contribution in [2.24, 2.45) is 0 Å². The van der Waals surface area contributed by atoms with E-state index in [0.717, 1.165) is 0 Å². The van der Waals surface area contributed by atoms with Gasteiger partial charge in [0.2, 0.25) is 0 Å². The Morgan fingerprint density at radius 2 is 0.750 bits per heavy atom. The van der Waals surface area contributed by atoms with Gasteiger partial charge in [-0.15, -0.1) is 12.4 Å². The summed E-state index contributed by atoms with van der Waals surface area (Å²) in [7, 11) is -3.12. The van der Waals surface area contributed by atoms with E-state index in [1.54, 1.807) is 0 Å². The van der Waals surface area contributed by atoms with Crippen LogP contribution < -0.4 is 68.9 Å². The molecule has 0 aromatic heterocycles. The van der Waals surface area contributed by atoms with Crippen LogP contribution in [0.2, 0.25) is 0 Å². The number of halogens is 1. The van der Waals surface area contributed by atoms with Gasteiger partial charge in [-0.1, -0.05) is 0 Å². The van der Waals surface area contributed by atoms with Crippen molar-refractivity contribution in [3.05, 3.63) is 0 Å². The third-order valence-corrected chi connectivity index (χ3v) is 0. The summed E-state index contributed by atoms with van der Waals surface area (Å²) in [6, 6.07) is 0. The van der Waals surface area contributed by atoms with Crippen LogP contribution in [0.3, 0.4) is 0 Å². The maximum Gasteiger partial charge on any atom is 1.00 e. The Kier molecular flexibility index (Phi) is 522. The summed E-state index contributed by atoms with van der Waals surface area (Å²) in [5, 5.41) is 0. The molecule has 0 saturated carbocycles. The van der Waals surface area contributed by atoms with Crippen molar-refractivity contribution in [3.8, 4) is 0 Å². The van der Waals surface area contributed by atoms with Crippen molar-refractivity contribution in [2.45, 2.75) is 0 Å². The summed E-state index contributed by atoms with van der Waals surface area (Å²) in [6.07, 6.45) is 0. The fourth-order valence-corrected chi connectivity index (χ4v) is 0. The van der Waals surface area contributed by atoms with Gasteiger partial charge in [0.25, 0.3) is 0 Å². The van der Waals surface area contributed by atoms with Crippen LogP contribution >= 0.6 is 21.0 Å². The molecule has 0 saturated heterocycles. The predicted octanol–water partition coefficient (Wildman–Crippen LogP) is -11.8. The molecular formula is H12ClNa2O8P. The van der Waals surface area contributed by atoms with Crippen LogP contribution in [-0.4, -0.2) is 32.3 Å². The van der Waals surface area contributed by atoms with Gasteiger partial charge in [-0.05, 0) is 0 Å². The largest absolute Gasteiger partial charge is 1.00 e. The van der Waals surface area contributed by atoms with Crippen LogP contribution in [-0.2, 0) is 0 Å². The molecule has 12 heavy (non-hydrogen) atoms. The first-order valence-electron chi connectivity index (χ1n) is 0.565. The topological polar surface area (TPSA) is 224 Å². The fourth-order valence-electron chi connectivity index (χ4n) is 0. The van der Waals surface area contributed by atoms with Gasteiger partial charge >= 0.3 is 59.1 Å². The summed E-state index contributed by atoms with van der Waals surface area (Å²) in [5.74, 6) is 0. The summed E-state index contributed by atoms with van der Waals surface area (Å²) < 4.78 is 0. The molecule has 0 radical (unpaired) electrons. The first kappa shape index (κ1) is 88.7. The van der Waals surface area contributed by atoms with Crippen LogP contribution in [0.5, 0.6) is 0 Å². The van der Waals surface area contributed by atoms with Crippen LogP contribution in [0, 0.1) is 0 Å². The van der Waals surface area contributed by atoms with E-state index in [-0.39, 0.29) is 98.9 Å². The van der Waals surface area contributed by atoms with E-state index in [1.807, 2.05) is 0 Å². The fraction of sp³-hybridized carbons (Fsp3) is 0. The van der Waals surface area contributed by atoms with Crippen molar-refractivity contribution in [1.29, 1.82) is 0 Å². The molecule has 0 aliphatic rings. The van der Waals surface area contributed by atoms with Crippen LogP contribution in [0.25, 0.3) is 0 Å². The zero-order valence-electron chi connectivity index (χ0n) is 6.62. The second-order valence-corrected chi connectivity index (χ2v) is 0.714. The minimum absolute atomic E-state index is 0. The van der Waals surface area contributed by atoms with E-state index in [4.69, 9.17) is 14.7 Å². The van der Waals surface area contributed by atoms with E-state index < -0.39 is 8.60 Å². The third-order valence-electron chi connectivity index (χ3n) is 0. The minimum atomic E-state index is -3.12. The van der Waals surface area contributed by atoms with Crippen molar-refractivity contribution in [3.63, 3.8) is 0 Å². The van der Waals surface area contributed by atoms with Gasteiger partial charge in [-0.25, -0.2) is 0 Å². The maximum atomic E-state index is 8.59. The van der Waals surface area contributed by atoms with E-state index in [2.05, 4.69) is 0 Å². The molecule has 0 atom stereocenters. The molecule has 12 heteroatoms. The van der Waals surface area contributed by atoms with Gasteiger partial charge in [0.1, 0.15) is 0 Å². The normalized spacial score (nSPS) is 3.00. The van der Waals surface area contributed by atoms with Gasteiger partial charge < -0.3 is 42.1 Å². The molecular weight excluding hydrogens is 240 g/mol. The van der Waals surface area contributed by atoms with Gasteiger partial charge in [-0.3, -0.25) is 0 Å². The van der Waals surface area contributed by atoms with Crippen molar-refractivity contribution < 1.29 is 101 Å². The maximum absolute atomic E-state index is 8.59. The predicted molar refractivity (Wildman–Crippen MR) is 34.5 cm³/mol. The molecule has 0 aliphatic heterocycles. The van der Waals surface area contributed by atoms with E-state index in [9.17, 15) is 0 Å². The zero-order chi connectivity index (χ0) is 3.58. The quantitative estimate of drug-likeness (QED) is 0.327. The molecule has 0 rings (SSSR count). The van der Waals surface area contributed by atoms with Gasteiger partial charge in [0.15, 0.2) is 0 Å². The SMILES string of the molecule is Cl.O.O.O.O.O.[Na+].[Na+].[O-]P([O-])O.